The second-order valence-electron chi connectivity index (χ2n) is 4.77. The van der Waals surface area contributed by atoms with E-state index in [2.05, 4.69) is 27.3 Å². The first-order chi connectivity index (χ1) is 9.16. The molecule has 7 nitrogen and oxygen atoms in total. The number of rotatable bonds is 6. The zero-order chi connectivity index (χ0) is 13.7. The largest absolute Gasteiger partial charge is 0.481 e. The van der Waals surface area contributed by atoms with Crippen molar-refractivity contribution in [1.29, 1.82) is 0 Å². The number of carboxylic acid groups (broad SMARTS) is 1. The van der Waals surface area contributed by atoms with Crippen LogP contribution in [0, 0.1) is 0 Å². The number of nitrogens with zero attached hydrogens (tertiary/aromatic N) is 5. The van der Waals surface area contributed by atoms with Crippen molar-refractivity contribution >= 4 is 17.7 Å². The van der Waals surface area contributed by atoms with Crippen molar-refractivity contribution in [3.05, 3.63) is 0 Å². The molecule has 1 unspecified atom stereocenters. The molecule has 0 aromatic carbocycles. The lowest BCUT2D eigenvalue weighted by Crippen LogP contribution is -2.40. The Hall–Kier alpha value is -1.15. The van der Waals surface area contributed by atoms with Crippen LogP contribution in [0.4, 0.5) is 0 Å². The summed E-state index contributed by atoms with van der Waals surface area (Å²) < 4.78 is 1.70. The molecule has 2 heterocycles. The molecular formula is C11H19N5O2S. The van der Waals surface area contributed by atoms with E-state index < -0.39 is 5.97 Å². The molecule has 0 spiro atoms. The van der Waals surface area contributed by atoms with Gasteiger partial charge in [0.25, 0.3) is 0 Å². The summed E-state index contributed by atoms with van der Waals surface area (Å²) in [5.74, 6) is -0.873. The minimum absolute atomic E-state index is 0.0154. The van der Waals surface area contributed by atoms with Gasteiger partial charge in [-0.15, -0.1) is 5.10 Å². The van der Waals surface area contributed by atoms with Gasteiger partial charge in [-0.2, -0.15) is 0 Å². The molecule has 0 bridgehead atoms. The summed E-state index contributed by atoms with van der Waals surface area (Å²) in [4.78, 5) is 13.0. The maximum absolute atomic E-state index is 10.6. The van der Waals surface area contributed by atoms with Gasteiger partial charge in [0.1, 0.15) is 0 Å². The van der Waals surface area contributed by atoms with Gasteiger partial charge in [0.15, 0.2) is 0 Å². The average Bonchev–Trinajstić information content (AvgIpc) is 2.84. The summed E-state index contributed by atoms with van der Waals surface area (Å²) in [7, 11) is 0. The number of hydrogen-bond donors (Lipinski definition) is 1. The zero-order valence-corrected chi connectivity index (χ0v) is 11.8. The van der Waals surface area contributed by atoms with E-state index in [9.17, 15) is 4.79 Å². The molecular weight excluding hydrogens is 266 g/mol. The van der Waals surface area contributed by atoms with Crippen molar-refractivity contribution in [2.75, 3.05) is 18.8 Å². The quantitative estimate of drug-likeness (QED) is 0.771. The lowest BCUT2D eigenvalue weighted by atomic mass is 10.1. The fourth-order valence-electron chi connectivity index (χ4n) is 2.27. The Morgan fingerprint density at radius 3 is 2.84 bits per heavy atom. The number of likely N-dealkylation sites (tertiary alicyclic amines) is 1. The van der Waals surface area contributed by atoms with Gasteiger partial charge < -0.3 is 5.11 Å². The molecule has 1 aliphatic heterocycles. The molecule has 19 heavy (non-hydrogen) atoms. The second-order valence-corrected chi connectivity index (χ2v) is 5.71. The molecule has 8 heteroatoms. The summed E-state index contributed by atoms with van der Waals surface area (Å²) >= 11 is 1.16. The second kappa shape index (κ2) is 6.85. The van der Waals surface area contributed by atoms with Crippen molar-refractivity contribution in [2.45, 2.75) is 43.9 Å². The highest BCUT2D eigenvalue weighted by molar-refractivity contribution is 7.99. The summed E-state index contributed by atoms with van der Waals surface area (Å²) in [5, 5.41) is 20.7. The van der Waals surface area contributed by atoms with E-state index in [0.717, 1.165) is 24.9 Å². The van der Waals surface area contributed by atoms with E-state index in [-0.39, 0.29) is 5.75 Å². The Morgan fingerprint density at radius 2 is 2.16 bits per heavy atom. The number of aliphatic carboxylic acids is 1. The number of hydrogen-bond acceptors (Lipinski definition) is 6. The Bertz CT molecular complexity index is 419. The smallest absolute Gasteiger partial charge is 0.313 e. The van der Waals surface area contributed by atoms with E-state index >= 15 is 0 Å². The molecule has 106 valence electrons. The minimum Gasteiger partial charge on any atom is -0.481 e. The topological polar surface area (TPSA) is 84.1 Å². The molecule has 1 atom stereocenters. The Labute approximate surface area is 116 Å². The standard InChI is InChI=1S/C11H19N5O2S/c1-9(15-5-3-2-4-6-15)7-16-11(12-13-14-16)19-8-10(17)18/h9H,2-8H2,1H3,(H,17,18). The van der Waals surface area contributed by atoms with E-state index in [1.54, 1.807) is 4.68 Å². The number of aromatic nitrogens is 4. The molecule has 1 aromatic heterocycles. The van der Waals surface area contributed by atoms with Crippen LogP contribution in [0.25, 0.3) is 0 Å². The first-order valence-electron chi connectivity index (χ1n) is 6.51. The number of piperidine rings is 1. The summed E-state index contributed by atoms with van der Waals surface area (Å²) in [6.07, 6.45) is 3.81. The Morgan fingerprint density at radius 1 is 1.42 bits per heavy atom. The number of carboxylic acids is 1. The van der Waals surface area contributed by atoms with Crippen LogP contribution < -0.4 is 0 Å². The van der Waals surface area contributed by atoms with Gasteiger partial charge in [0.2, 0.25) is 5.16 Å². The van der Waals surface area contributed by atoms with Crippen LogP contribution in [0.1, 0.15) is 26.2 Å². The highest BCUT2D eigenvalue weighted by atomic mass is 32.2. The molecule has 2 rings (SSSR count). The van der Waals surface area contributed by atoms with Crippen molar-refractivity contribution in [1.82, 2.24) is 25.1 Å². The number of thioether (sulfide) groups is 1. The third kappa shape index (κ3) is 4.17. The number of carbonyl (C=O) groups is 1. The van der Waals surface area contributed by atoms with Crippen LogP contribution in [-0.2, 0) is 11.3 Å². The first kappa shape index (κ1) is 14.3. The van der Waals surface area contributed by atoms with Crippen LogP contribution in [-0.4, -0.2) is 61.1 Å². The lowest BCUT2D eigenvalue weighted by Gasteiger charge is -2.32. The molecule has 1 fully saturated rings. The molecule has 0 radical (unpaired) electrons. The number of tetrazole rings is 1. The third-order valence-corrected chi connectivity index (χ3v) is 4.22. The van der Waals surface area contributed by atoms with Gasteiger partial charge in [-0.25, -0.2) is 4.68 Å². The molecule has 0 aliphatic carbocycles. The van der Waals surface area contributed by atoms with Gasteiger partial charge in [-0.1, -0.05) is 18.2 Å². The highest BCUT2D eigenvalue weighted by Crippen LogP contribution is 2.16. The molecule has 0 saturated carbocycles. The minimum atomic E-state index is -0.858. The Balaban J connectivity index is 1.90. The van der Waals surface area contributed by atoms with Crippen molar-refractivity contribution < 1.29 is 9.90 Å². The maximum atomic E-state index is 10.6. The van der Waals surface area contributed by atoms with Gasteiger partial charge in [0.05, 0.1) is 12.3 Å². The molecule has 1 saturated heterocycles. The summed E-state index contributed by atoms with van der Waals surface area (Å²) in [5.41, 5.74) is 0. The van der Waals surface area contributed by atoms with Gasteiger partial charge in [-0.05, 0) is 43.3 Å². The van der Waals surface area contributed by atoms with Crippen molar-refractivity contribution in [3.8, 4) is 0 Å². The van der Waals surface area contributed by atoms with E-state index in [1.165, 1.54) is 19.3 Å². The molecule has 1 N–H and O–H groups in total. The van der Waals surface area contributed by atoms with E-state index in [0.29, 0.717) is 17.7 Å². The molecule has 1 aromatic rings. The lowest BCUT2D eigenvalue weighted by molar-refractivity contribution is -0.133. The van der Waals surface area contributed by atoms with E-state index in [1.807, 2.05) is 0 Å². The predicted molar refractivity (Wildman–Crippen MR) is 71.1 cm³/mol. The maximum Gasteiger partial charge on any atom is 0.313 e. The van der Waals surface area contributed by atoms with Crippen LogP contribution in [0.3, 0.4) is 0 Å². The van der Waals surface area contributed by atoms with Gasteiger partial charge >= 0.3 is 5.97 Å². The molecule has 0 amide bonds. The van der Waals surface area contributed by atoms with Crippen molar-refractivity contribution in [2.24, 2.45) is 0 Å². The third-order valence-electron chi connectivity index (χ3n) is 3.27. The van der Waals surface area contributed by atoms with Gasteiger partial charge in [-0.3, -0.25) is 9.69 Å². The van der Waals surface area contributed by atoms with Crippen LogP contribution in [0.5, 0.6) is 0 Å². The monoisotopic (exact) mass is 285 g/mol. The van der Waals surface area contributed by atoms with Crippen LogP contribution >= 0.6 is 11.8 Å². The van der Waals surface area contributed by atoms with Crippen LogP contribution in [0.2, 0.25) is 0 Å². The fraction of sp³-hybridized carbons (Fsp3) is 0.818. The average molecular weight is 285 g/mol. The normalized spacial score (nSPS) is 18.4. The molecule has 1 aliphatic rings. The first-order valence-corrected chi connectivity index (χ1v) is 7.50. The zero-order valence-electron chi connectivity index (χ0n) is 11.0. The summed E-state index contributed by atoms with van der Waals surface area (Å²) in [6, 6.07) is 0.368. The van der Waals surface area contributed by atoms with E-state index in [4.69, 9.17) is 5.11 Å². The predicted octanol–water partition coefficient (Wildman–Crippen LogP) is 0.724. The van der Waals surface area contributed by atoms with Crippen molar-refractivity contribution in [3.63, 3.8) is 0 Å². The Kier molecular flexibility index (Phi) is 5.15. The fourth-order valence-corrected chi connectivity index (χ4v) is 2.87. The van der Waals surface area contributed by atoms with Gasteiger partial charge in [0, 0.05) is 6.04 Å². The summed E-state index contributed by atoms with van der Waals surface area (Å²) in [6.45, 7) is 5.12. The van der Waals surface area contributed by atoms with Crippen LogP contribution in [0.15, 0.2) is 5.16 Å². The SMILES string of the molecule is CC(Cn1nnnc1SCC(=O)O)N1CCCCC1. The highest BCUT2D eigenvalue weighted by Gasteiger charge is 2.19.